The maximum absolute atomic E-state index is 3.49. The zero-order chi connectivity index (χ0) is 15.2. The van der Waals surface area contributed by atoms with Crippen LogP contribution in [0, 0.1) is 6.92 Å². The molecule has 0 atom stereocenters. The highest BCUT2D eigenvalue weighted by Gasteiger charge is 2.02. The third-order valence-corrected chi connectivity index (χ3v) is 3.55. The maximum atomic E-state index is 3.49. The fraction of sp³-hybridized carbons (Fsp3) is 0.0455. The van der Waals surface area contributed by atoms with Crippen molar-refractivity contribution in [1.29, 1.82) is 0 Å². The summed E-state index contributed by atoms with van der Waals surface area (Å²) in [5.74, 6) is 0. The Morgan fingerprint density at radius 2 is 1.32 bits per heavy atom. The summed E-state index contributed by atoms with van der Waals surface area (Å²) in [6.45, 7) is 2.11. The van der Waals surface area contributed by atoms with Crippen LogP contribution in [0.2, 0.25) is 0 Å². The molecule has 0 aliphatic carbocycles. The van der Waals surface area contributed by atoms with E-state index in [-0.39, 0.29) is 0 Å². The van der Waals surface area contributed by atoms with Crippen molar-refractivity contribution < 1.29 is 0 Å². The standard InChI is InChI=1S/C22H18/c1-18-9-8-10-19(17-18)15-16-22(20-11-4-2-5-12-20)21-13-6-3-7-14-21/h2-15,17H,1H3. The van der Waals surface area contributed by atoms with Crippen LogP contribution in [-0.4, -0.2) is 0 Å². The van der Waals surface area contributed by atoms with Crippen LogP contribution in [-0.2, 0) is 0 Å². The van der Waals surface area contributed by atoms with Crippen LogP contribution < -0.4 is 0 Å². The largest absolute Gasteiger partial charge is 0.111 e. The first-order valence-corrected chi connectivity index (χ1v) is 7.47. The van der Waals surface area contributed by atoms with Gasteiger partial charge in [0, 0.05) is 5.57 Å². The van der Waals surface area contributed by atoms with E-state index < -0.39 is 0 Å². The van der Waals surface area contributed by atoms with Gasteiger partial charge in [-0.05, 0) is 29.7 Å². The van der Waals surface area contributed by atoms with Gasteiger partial charge in [0.05, 0.1) is 0 Å². The van der Waals surface area contributed by atoms with Crippen LogP contribution in [0.15, 0.2) is 90.7 Å². The first kappa shape index (κ1) is 14.1. The Morgan fingerprint density at radius 3 is 1.86 bits per heavy atom. The summed E-state index contributed by atoms with van der Waals surface area (Å²) in [7, 11) is 0. The summed E-state index contributed by atoms with van der Waals surface area (Å²) < 4.78 is 0. The second kappa shape index (κ2) is 6.76. The lowest BCUT2D eigenvalue weighted by Crippen LogP contribution is -1.85. The summed E-state index contributed by atoms with van der Waals surface area (Å²) >= 11 is 0. The van der Waals surface area contributed by atoms with Gasteiger partial charge in [0.25, 0.3) is 0 Å². The molecule has 0 saturated heterocycles. The van der Waals surface area contributed by atoms with Crippen LogP contribution in [0.1, 0.15) is 22.3 Å². The molecule has 0 fully saturated rings. The van der Waals surface area contributed by atoms with E-state index in [2.05, 4.69) is 91.5 Å². The fourth-order valence-electron chi connectivity index (χ4n) is 2.46. The van der Waals surface area contributed by atoms with Crippen molar-refractivity contribution in [3.05, 3.63) is 113 Å². The Hall–Kier alpha value is -2.82. The average Bonchev–Trinajstić information content (AvgIpc) is 2.57. The Kier molecular flexibility index (Phi) is 4.34. The third-order valence-electron chi connectivity index (χ3n) is 3.55. The predicted octanol–water partition coefficient (Wildman–Crippen LogP) is 5.74. The van der Waals surface area contributed by atoms with E-state index in [0.29, 0.717) is 0 Å². The van der Waals surface area contributed by atoms with Gasteiger partial charge in [0.15, 0.2) is 0 Å². The molecule has 0 heterocycles. The Bertz CT molecular complexity index is 763. The minimum absolute atomic E-state index is 1.11. The van der Waals surface area contributed by atoms with Gasteiger partial charge in [-0.1, -0.05) is 90.5 Å². The summed E-state index contributed by atoms with van der Waals surface area (Å²) in [4.78, 5) is 0. The number of hydrogen-bond donors (Lipinski definition) is 0. The smallest absolute Gasteiger partial charge is 0.0309 e. The molecule has 22 heavy (non-hydrogen) atoms. The second-order valence-corrected chi connectivity index (χ2v) is 5.31. The Labute approximate surface area is 132 Å². The number of rotatable bonds is 3. The molecule has 3 rings (SSSR count). The molecule has 0 nitrogen and oxygen atoms in total. The van der Waals surface area contributed by atoms with E-state index in [1.54, 1.807) is 0 Å². The van der Waals surface area contributed by atoms with Crippen molar-refractivity contribution in [2.24, 2.45) is 0 Å². The molecule has 0 unspecified atom stereocenters. The van der Waals surface area contributed by atoms with Crippen molar-refractivity contribution in [3.63, 3.8) is 0 Å². The van der Waals surface area contributed by atoms with Crippen molar-refractivity contribution in [1.82, 2.24) is 0 Å². The van der Waals surface area contributed by atoms with E-state index in [9.17, 15) is 0 Å². The summed E-state index contributed by atoms with van der Waals surface area (Å²) in [5, 5.41) is 0. The topological polar surface area (TPSA) is 0 Å². The van der Waals surface area contributed by atoms with E-state index in [4.69, 9.17) is 0 Å². The summed E-state index contributed by atoms with van der Waals surface area (Å²) in [6.07, 6.45) is 2.06. The van der Waals surface area contributed by atoms with Gasteiger partial charge in [0.1, 0.15) is 0 Å². The zero-order valence-electron chi connectivity index (χ0n) is 12.7. The van der Waals surface area contributed by atoms with Crippen LogP contribution in [0.5, 0.6) is 0 Å². The third kappa shape index (κ3) is 3.44. The molecule has 0 radical (unpaired) electrons. The predicted molar refractivity (Wildman–Crippen MR) is 94.5 cm³/mol. The van der Waals surface area contributed by atoms with Crippen LogP contribution in [0.3, 0.4) is 0 Å². The van der Waals surface area contributed by atoms with Gasteiger partial charge in [-0.2, -0.15) is 0 Å². The maximum Gasteiger partial charge on any atom is 0.0309 e. The zero-order valence-corrected chi connectivity index (χ0v) is 12.7. The van der Waals surface area contributed by atoms with Gasteiger partial charge >= 0.3 is 0 Å². The lowest BCUT2D eigenvalue weighted by Gasteiger charge is -2.05. The molecule has 0 spiro atoms. The Morgan fingerprint density at radius 1 is 0.727 bits per heavy atom. The van der Waals surface area contributed by atoms with E-state index >= 15 is 0 Å². The molecular weight excluding hydrogens is 264 g/mol. The van der Waals surface area contributed by atoms with Gasteiger partial charge in [-0.25, -0.2) is 0 Å². The first-order valence-electron chi connectivity index (χ1n) is 7.47. The highest BCUT2D eigenvalue weighted by molar-refractivity contribution is 5.81. The highest BCUT2D eigenvalue weighted by Crippen LogP contribution is 2.22. The summed E-state index contributed by atoms with van der Waals surface area (Å²) in [5.41, 5.74) is 9.39. The van der Waals surface area contributed by atoms with Gasteiger partial charge in [0.2, 0.25) is 0 Å². The number of benzene rings is 3. The molecule has 0 aromatic heterocycles. The van der Waals surface area contributed by atoms with Crippen molar-refractivity contribution in [2.45, 2.75) is 6.92 Å². The van der Waals surface area contributed by atoms with Crippen molar-refractivity contribution in [2.75, 3.05) is 0 Å². The first-order chi connectivity index (χ1) is 10.8. The second-order valence-electron chi connectivity index (χ2n) is 5.31. The number of hydrogen-bond acceptors (Lipinski definition) is 0. The van der Waals surface area contributed by atoms with Crippen LogP contribution in [0.4, 0.5) is 0 Å². The molecule has 0 amide bonds. The molecule has 0 bridgehead atoms. The lowest BCUT2D eigenvalue weighted by atomic mass is 9.98. The monoisotopic (exact) mass is 282 g/mol. The molecule has 0 aliphatic heterocycles. The summed E-state index contributed by atoms with van der Waals surface area (Å²) in [6, 6.07) is 29.3. The van der Waals surface area contributed by atoms with Crippen molar-refractivity contribution in [3.8, 4) is 0 Å². The van der Waals surface area contributed by atoms with E-state index in [1.165, 1.54) is 22.3 Å². The van der Waals surface area contributed by atoms with Crippen LogP contribution in [0.25, 0.3) is 11.6 Å². The van der Waals surface area contributed by atoms with Gasteiger partial charge in [-0.15, -0.1) is 5.73 Å². The minimum Gasteiger partial charge on any atom is -0.111 e. The molecule has 106 valence electrons. The van der Waals surface area contributed by atoms with Gasteiger partial charge in [-0.3, -0.25) is 0 Å². The van der Waals surface area contributed by atoms with Crippen LogP contribution >= 0.6 is 0 Å². The fourth-order valence-corrected chi connectivity index (χ4v) is 2.46. The average molecular weight is 282 g/mol. The Balaban J connectivity index is 2.12. The normalized spacial score (nSPS) is 9.86. The van der Waals surface area contributed by atoms with E-state index in [1.807, 2.05) is 12.1 Å². The molecule has 0 aliphatic rings. The number of aryl methyl sites for hydroxylation is 1. The highest BCUT2D eigenvalue weighted by atomic mass is 14.1. The molecule has 3 aromatic rings. The molecular formula is C22H18. The minimum atomic E-state index is 1.11. The molecule has 3 aromatic carbocycles. The molecule has 0 saturated carbocycles. The van der Waals surface area contributed by atoms with Gasteiger partial charge < -0.3 is 0 Å². The quantitative estimate of drug-likeness (QED) is 0.537. The lowest BCUT2D eigenvalue weighted by molar-refractivity contribution is 1.46. The SMILES string of the molecule is Cc1cccc(C=C=C(c2ccccc2)c2ccccc2)c1. The molecule has 0 heteroatoms. The van der Waals surface area contributed by atoms with Crippen molar-refractivity contribution >= 4 is 11.6 Å². The van der Waals surface area contributed by atoms with E-state index in [0.717, 1.165) is 5.57 Å². The molecule has 0 N–H and O–H groups in total.